The van der Waals surface area contributed by atoms with E-state index in [-0.39, 0.29) is 263 Å². The maximum Gasteiger partial charge on any atom is 3.00 e. The van der Waals surface area contributed by atoms with Crippen LogP contribution in [0.2, 0.25) is 0 Å². The van der Waals surface area contributed by atoms with Crippen LogP contribution in [0.15, 0.2) is 0 Å². The predicted octanol–water partition coefficient (Wildman–Crippen LogP) is -0.916. The smallest absolute Gasteiger partial charge is 2.00 e. The van der Waals surface area contributed by atoms with Gasteiger partial charge in [-0.05, 0) is 0 Å². The van der Waals surface area contributed by atoms with Crippen molar-refractivity contribution in [2.24, 2.45) is 0 Å². The molecule has 13 heteroatoms. The zero-order chi connectivity index (χ0) is 0. The van der Waals surface area contributed by atoms with Crippen molar-refractivity contribution in [3.05, 3.63) is 0 Å². The molecule has 0 aliphatic heterocycles. The summed E-state index contributed by atoms with van der Waals surface area (Å²) in [5.41, 5.74) is 0. The first kappa shape index (κ1) is 144. The SMILES string of the molecule is [Co+2].[Co+2].[Fe].[Fe].[H-].[H-].[H-].[H-].[La+3].[La+3].[O-2].[O-2].[O-2].[O-2].[O-2].[Sr+2].[Sr+2]. The first-order chi connectivity index (χ1) is 0. The van der Waals surface area contributed by atoms with Crippen molar-refractivity contribution in [2.45, 2.75) is 0 Å². The quantitative estimate of drug-likeness (QED) is 0.282. The molecule has 0 saturated carbocycles. The van der Waals surface area contributed by atoms with Crippen LogP contribution in [0.5, 0.6) is 0 Å². The van der Waals surface area contributed by atoms with Gasteiger partial charge in [0.1, 0.15) is 0 Å². The van der Waals surface area contributed by atoms with Crippen LogP contribution < -0.4 is 0 Å². The molecule has 13 heavy (non-hydrogen) atoms. The number of hydrogen-bond acceptors (Lipinski definition) is 0. The van der Waals surface area contributed by atoms with Crippen LogP contribution in [-0.4, -0.2) is 91.0 Å². The van der Waals surface area contributed by atoms with Crippen LogP contribution in [0.1, 0.15) is 5.71 Å². The van der Waals surface area contributed by atoms with E-state index in [1.54, 1.807) is 0 Å². The molecule has 0 unspecified atom stereocenters. The van der Waals surface area contributed by atoms with Gasteiger partial charge in [-0.15, -0.1) is 0 Å². The average molecular weight is 767 g/mol. The maximum absolute atomic E-state index is 0. The zero-order valence-electron chi connectivity index (χ0n) is 9.98. The molecule has 0 atom stereocenters. The van der Waals surface area contributed by atoms with E-state index < -0.39 is 0 Å². The molecule has 0 amide bonds. The van der Waals surface area contributed by atoms with Gasteiger partial charge in [-0.2, -0.15) is 0 Å². The van der Waals surface area contributed by atoms with Crippen LogP contribution in [-0.2, 0) is 95.1 Å². The second kappa shape index (κ2) is 123. The van der Waals surface area contributed by atoms with E-state index in [2.05, 4.69) is 0 Å². The molecule has 0 bridgehead atoms. The Balaban J connectivity index is 0. The second-order valence-corrected chi connectivity index (χ2v) is 0. The zero-order valence-corrected chi connectivity index (χ0v) is 24.5. The minimum atomic E-state index is 0. The molecular weight excluding hydrogens is 763 g/mol. The Bertz CT molecular complexity index is 41.9. The molecular formula is H4Co2Fe2La2O5Sr2. The minimum absolute atomic E-state index is 0. The van der Waals surface area contributed by atoms with Gasteiger partial charge < -0.3 is 33.1 Å². The summed E-state index contributed by atoms with van der Waals surface area (Å²) in [6.45, 7) is 0. The summed E-state index contributed by atoms with van der Waals surface area (Å²) in [6, 6.07) is 0. The minimum Gasteiger partial charge on any atom is -2.00 e. The molecule has 0 N–H and O–H groups in total. The molecule has 2 radical (unpaired) electrons. The molecule has 0 aliphatic rings. The molecule has 0 spiro atoms. The molecule has 0 fully saturated rings. The molecule has 0 saturated heterocycles. The largest absolute Gasteiger partial charge is 3.00 e. The van der Waals surface area contributed by atoms with E-state index in [0.717, 1.165) is 0 Å². The van der Waals surface area contributed by atoms with Crippen molar-refractivity contribution in [2.75, 3.05) is 0 Å². The van der Waals surface area contributed by atoms with Gasteiger partial charge in [0.15, 0.2) is 0 Å². The third kappa shape index (κ3) is 110. The Morgan fingerprint density at radius 1 is 0.462 bits per heavy atom. The van der Waals surface area contributed by atoms with Gasteiger partial charge in [0.2, 0.25) is 0 Å². The van der Waals surface area contributed by atoms with E-state index in [1.807, 2.05) is 0 Å². The van der Waals surface area contributed by atoms with Crippen LogP contribution >= 0.6 is 0 Å². The molecule has 0 aromatic rings. The van der Waals surface area contributed by atoms with Crippen LogP contribution in [0.25, 0.3) is 0 Å². The first-order valence-electron chi connectivity index (χ1n) is 0. The summed E-state index contributed by atoms with van der Waals surface area (Å²) in [5.74, 6) is 0. The fourth-order valence-electron chi connectivity index (χ4n) is 0. The summed E-state index contributed by atoms with van der Waals surface area (Å²) >= 11 is 0. The van der Waals surface area contributed by atoms with Crippen LogP contribution in [0.3, 0.4) is 0 Å². The summed E-state index contributed by atoms with van der Waals surface area (Å²) in [4.78, 5) is 0. The van der Waals surface area contributed by atoms with Crippen molar-refractivity contribution < 1.29 is 172 Å². The van der Waals surface area contributed by atoms with Crippen molar-refractivity contribution >= 4 is 91.0 Å². The Morgan fingerprint density at radius 3 is 0.462 bits per heavy atom. The van der Waals surface area contributed by atoms with Crippen molar-refractivity contribution in [1.82, 2.24) is 0 Å². The molecule has 0 rings (SSSR count). The van der Waals surface area contributed by atoms with Crippen LogP contribution in [0.4, 0.5) is 0 Å². The first-order valence-corrected chi connectivity index (χ1v) is 0. The Hall–Kier alpha value is 7.20. The van der Waals surface area contributed by atoms with Gasteiger partial charge in [0.05, 0.1) is 0 Å². The molecule has 0 heterocycles. The molecule has 0 aliphatic carbocycles. The van der Waals surface area contributed by atoms with Crippen LogP contribution in [0, 0.1) is 71.2 Å². The third-order valence-electron chi connectivity index (χ3n) is 0. The van der Waals surface area contributed by atoms with Gasteiger partial charge in [-0.1, -0.05) is 0 Å². The standard InChI is InChI=1S/2Co.2Fe.2La.5O.2Sr.4H/q2*+2;;;2*+3;5*-2;2*+2;4*-1. The second-order valence-electron chi connectivity index (χ2n) is 0. The third-order valence-corrected chi connectivity index (χ3v) is 0. The summed E-state index contributed by atoms with van der Waals surface area (Å²) in [5, 5.41) is 0. The van der Waals surface area contributed by atoms with Crippen molar-refractivity contribution in [3.8, 4) is 0 Å². The van der Waals surface area contributed by atoms with Gasteiger partial charge in [0, 0.05) is 34.1 Å². The van der Waals surface area contributed by atoms with Crippen molar-refractivity contribution in [1.29, 1.82) is 0 Å². The molecule has 78 valence electrons. The Morgan fingerprint density at radius 2 is 0.462 bits per heavy atom. The fraction of sp³-hybridized carbons (Fsp3) is 0. The summed E-state index contributed by atoms with van der Waals surface area (Å²) < 4.78 is 0. The van der Waals surface area contributed by atoms with Gasteiger partial charge >= 0.3 is 196 Å². The van der Waals surface area contributed by atoms with E-state index in [0.29, 0.717) is 0 Å². The van der Waals surface area contributed by atoms with Crippen molar-refractivity contribution in [3.63, 3.8) is 0 Å². The van der Waals surface area contributed by atoms with E-state index >= 15 is 0 Å². The molecule has 0 aromatic heterocycles. The van der Waals surface area contributed by atoms with E-state index in [4.69, 9.17) is 0 Å². The predicted molar refractivity (Wildman–Crippen MR) is 19.4 cm³/mol. The Labute approximate surface area is 256 Å². The monoisotopic (exact) mass is 767 g/mol. The summed E-state index contributed by atoms with van der Waals surface area (Å²) in [7, 11) is 0. The topological polar surface area (TPSA) is 142 Å². The average Bonchev–Trinajstić information content (AvgIpc) is 0. The Kier molecular flexibility index (Phi) is 1350. The van der Waals surface area contributed by atoms with Gasteiger partial charge in [0.25, 0.3) is 0 Å². The van der Waals surface area contributed by atoms with E-state index in [1.165, 1.54) is 0 Å². The number of rotatable bonds is 0. The normalized spacial score (nSPS) is 0. The molecule has 0 aromatic carbocycles. The van der Waals surface area contributed by atoms with Gasteiger partial charge in [-0.3, -0.25) is 0 Å². The van der Waals surface area contributed by atoms with Gasteiger partial charge in [-0.25, -0.2) is 0 Å². The molecule has 5 nitrogen and oxygen atoms in total. The number of hydrogen-bond donors (Lipinski definition) is 0. The summed E-state index contributed by atoms with van der Waals surface area (Å²) in [6.07, 6.45) is 0. The fourth-order valence-corrected chi connectivity index (χ4v) is 0. The van der Waals surface area contributed by atoms with E-state index in [9.17, 15) is 0 Å². The maximum atomic E-state index is 0.